The van der Waals surface area contributed by atoms with Gasteiger partial charge in [0.2, 0.25) is 11.0 Å². The molecule has 3 rings (SSSR count). The molecule has 0 aliphatic rings. The molecule has 0 fully saturated rings. The number of benzene rings is 1. The number of aromatic nitrogens is 2. The maximum Gasteiger partial charge on any atom is 0.237 e. The molecular formula is C16H15FN4O2S2. The van der Waals surface area contributed by atoms with Gasteiger partial charge in [0.1, 0.15) is 11.6 Å². The number of anilines is 2. The van der Waals surface area contributed by atoms with Gasteiger partial charge in [-0.3, -0.25) is 4.79 Å². The van der Waals surface area contributed by atoms with E-state index in [4.69, 9.17) is 4.42 Å². The Morgan fingerprint density at radius 3 is 2.92 bits per heavy atom. The molecule has 2 aromatic heterocycles. The van der Waals surface area contributed by atoms with Crippen LogP contribution in [0.3, 0.4) is 0 Å². The van der Waals surface area contributed by atoms with Crippen molar-refractivity contribution < 1.29 is 13.6 Å². The van der Waals surface area contributed by atoms with Gasteiger partial charge in [0.05, 0.1) is 23.7 Å². The number of rotatable bonds is 7. The number of nitrogens with one attached hydrogen (secondary N) is 2. The fraction of sp³-hybridized carbons (Fsp3) is 0.188. The second kappa shape index (κ2) is 8.13. The highest BCUT2D eigenvalue weighted by Crippen LogP contribution is 2.29. The quantitative estimate of drug-likeness (QED) is 0.605. The van der Waals surface area contributed by atoms with Crippen LogP contribution in [0.4, 0.5) is 15.2 Å². The first-order valence-electron chi connectivity index (χ1n) is 7.43. The van der Waals surface area contributed by atoms with E-state index in [2.05, 4.69) is 20.8 Å². The zero-order valence-corrected chi connectivity index (χ0v) is 14.9. The van der Waals surface area contributed by atoms with Crippen LogP contribution in [0.15, 0.2) is 51.4 Å². The molecule has 0 spiro atoms. The normalized spacial score (nSPS) is 11.9. The Labute approximate surface area is 151 Å². The highest BCUT2D eigenvalue weighted by atomic mass is 32.2. The number of hydrogen-bond donors (Lipinski definition) is 2. The lowest BCUT2D eigenvalue weighted by atomic mass is 10.3. The topological polar surface area (TPSA) is 80.1 Å². The number of nitrogens with zero attached hydrogens (tertiary/aromatic N) is 2. The molecule has 1 aromatic carbocycles. The van der Waals surface area contributed by atoms with Gasteiger partial charge in [0.15, 0.2) is 4.34 Å². The van der Waals surface area contributed by atoms with Crippen LogP contribution in [0.25, 0.3) is 0 Å². The van der Waals surface area contributed by atoms with Gasteiger partial charge in [-0.1, -0.05) is 35.2 Å². The number of thioether (sulfide) groups is 1. The smallest absolute Gasteiger partial charge is 0.237 e. The molecule has 9 heteroatoms. The molecule has 2 N–H and O–H groups in total. The molecule has 0 aliphatic carbocycles. The number of furan rings is 1. The van der Waals surface area contributed by atoms with E-state index in [9.17, 15) is 9.18 Å². The summed E-state index contributed by atoms with van der Waals surface area (Å²) in [7, 11) is 0. The van der Waals surface area contributed by atoms with Gasteiger partial charge < -0.3 is 15.1 Å². The Morgan fingerprint density at radius 2 is 2.16 bits per heavy atom. The van der Waals surface area contributed by atoms with Crippen LogP contribution < -0.4 is 10.6 Å². The molecule has 25 heavy (non-hydrogen) atoms. The summed E-state index contributed by atoms with van der Waals surface area (Å²) in [5, 5.41) is 14.0. The molecule has 0 aliphatic heterocycles. The molecule has 0 saturated heterocycles. The van der Waals surface area contributed by atoms with Crippen molar-refractivity contribution >= 4 is 39.8 Å². The van der Waals surface area contributed by atoms with Gasteiger partial charge in [-0.05, 0) is 31.2 Å². The van der Waals surface area contributed by atoms with Crippen molar-refractivity contribution in [2.75, 3.05) is 10.6 Å². The van der Waals surface area contributed by atoms with E-state index >= 15 is 0 Å². The number of halogens is 1. The summed E-state index contributed by atoms with van der Waals surface area (Å²) in [4.78, 5) is 12.2. The monoisotopic (exact) mass is 378 g/mol. The molecular weight excluding hydrogens is 363 g/mol. The lowest BCUT2D eigenvalue weighted by Crippen LogP contribution is -2.22. The summed E-state index contributed by atoms with van der Waals surface area (Å²) >= 11 is 2.61. The molecule has 3 aromatic rings. The van der Waals surface area contributed by atoms with E-state index in [0.717, 1.165) is 5.76 Å². The first kappa shape index (κ1) is 17.4. The number of hydrogen-bond acceptors (Lipinski definition) is 7. The summed E-state index contributed by atoms with van der Waals surface area (Å²) in [5.74, 6) is 0.0332. The third-order valence-electron chi connectivity index (χ3n) is 3.18. The van der Waals surface area contributed by atoms with E-state index in [1.807, 2.05) is 12.1 Å². The van der Waals surface area contributed by atoms with Crippen LogP contribution in [-0.4, -0.2) is 21.4 Å². The van der Waals surface area contributed by atoms with Gasteiger partial charge in [-0.2, -0.15) is 0 Å². The summed E-state index contributed by atoms with van der Waals surface area (Å²) < 4.78 is 19.5. The SMILES string of the molecule is C[C@H](Sc1nnc(NCc2ccco2)s1)C(=O)Nc1ccccc1F. The van der Waals surface area contributed by atoms with Crippen LogP contribution in [0.1, 0.15) is 12.7 Å². The minimum Gasteiger partial charge on any atom is -0.467 e. The zero-order chi connectivity index (χ0) is 17.6. The number of carbonyl (C=O) groups is 1. The Balaban J connectivity index is 1.53. The van der Waals surface area contributed by atoms with Crippen molar-refractivity contribution in [1.82, 2.24) is 10.2 Å². The second-order valence-corrected chi connectivity index (χ2v) is 7.60. The zero-order valence-electron chi connectivity index (χ0n) is 13.2. The van der Waals surface area contributed by atoms with E-state index in [1.165, 1.54) is 35.2 Å². The molecule has 0 radical (unpaired) electrons. The first-order valence-corrected chi connectivity index (χ1v) is 9.13. The van der Waals surface area contributed by atoms with Crippen LogP contribution in [0.2, 0.25) is 0 Å². The van der Waals surface area contributed by atoms with Crippen LogP contribution in [0.5, 0.6) is 0 Å². The molecule has 2 heterocycles. The summed E-state index contributed by atoms with van der Waals surface area (Å²) in [6.07, 6.45) is 1.61. The molecule has 0 unspecified atom stereocenters. The average molecular weight is 378 g/mol. The van der Waals surface area contributed by atoms with Crippen molar-refractivity contribution in [3.63, 3.8) is 0 Å². The average Bonchev–Trinajstić information content (AvgIpc) is 3.26. The lowest BCUT2D eigenvalue weighted by Gasteiger charge is -2.10. The summed E-state index contributed by atoms with van der Waals surface area (Å²) in [5.41, 5.74) is 0.165. The fourth-order valence-electron chi connectivity index (χ4n) is 1.91. The first-order chi connectivity index (χ1) is 12.1. The van der Waals surface area contributed by atoms with Crippen molar-refractivity contribution in [1.29, 1.82) is 0 Å². The maximum atomic E-state index is 13.6. The van der Waals surface area contributed by atoms with Crippen LogP contribution in [-0.2, 0) is 11.3 Å². The van der Waals surface area contributed by atoms with E-state index in [0.29, 0.717) is 16.0 Å². The number of para-hydroxylation sites is 1. The van der Waals surface area contributed by atoms with Gasteiger partial charge in [-0.15, -0.1) is 10.2 Å². The molecule has 6 nitrogen and oxygen atoms in total. The maximum absolute atomic E-state index is 13.6. The minimum atomic E-state index is -0.464. The largest absolute Gasteiger partial charge is 0.467 e. The van der Waals surface area contributed by atoms with Crippen molar-refractivity contribution in [2.45, 2.75) is 23.1 Å². The molecule has 1 amide bonds. The third kappa shape index (κ3) is 4.80. The standard InChI is InChI=1S/C16H15FN4O2S2/c1-10(14(22)19-13-7-3-2-6-12(13)17)24-16-21-20-15(25-16)18-9-11-5-4-8-23-11/h2-8,10H,9H2,1H3,(H,18,20)(H,19,22)/t10-/m0/s1. The second-order valence-electron chi connectivity index (χ2n) is 5.04. The third-order valence-corrected chi connectivity index (χ3v) is 5.24. The van der Waals surface area contributed by atoms with Gasteiger partial charge in [-0.25, -0.2) is 4.39 Å². The molecule has 130 valence electrons. The minimum absolute atomic E-state index is 0.165. The fourth-order valence-corrected chi connectivity index (χ4v) is 3.80. The van der Waals surface area contributed by atoms with Crippen molar-refractivity contribution in [3.8, 4) is 0 Å². The van der Waals surface area contributed by atoms with Gasteiger partial charge in [0.25, 0.3) is 0 Å². The van der Waals surface area contributed by atoms with Crippen LogP contribution in [0, 0.1) is 5.82 Å². The Bertz CT molecular complexity index is 838. The highest BCUT2D eigenvalue weighted by Gasteiger charge is 2.18. The highest BCUT2D eigenvalue weighted by molar-refractivity contribution is 8.02. The Hall–Kier alpha value is -2.39. The molecule has 0 bridgehead atoms. The number of amides is 1. The molecule has 0 saturated carbocycles. The predicted octanol–water partition coefficient (Wildman–Crippen LogP) is 4.00. The van der Waals surface area contributed by atoms with Crippen LogP contribution >= 0.6 is 23.1 Å². The Kier molecular flexibility index (Phi) is 5.67. The molecule has 1 atom stereocenters. The van der Waals surface area contributed by atoms with Crippen molar-refractivity contribution in [2.24, 2.45) is 0 Å². The van der Waals surface area contributed by atoms with Gasteiger partial charge >= 0.3 is 0 Å². The van der Waals surface area contributed by atoms with E-state index in [-0.39, 0.29) is 11.6 Å². The van der Waals surface area contributed by atoms with Gasteiger partial charge in [0, 0.05) is 0 Å². The summed E-state index contributed by atoms with van der Waals surface area (Å²) in [6, 6.07) is 9.73. The lowest BCUT2D eigenvalue weighted by molar-refractivity contribution is -0.115. The predicted molar refractivity (Wildman–Crippen MR) is 96.3 cm³/mol. The number of carbonyl (C=O) groups excluding carboxylic acids is 1. The van der Waals surface area contributed by atoms with E-state index < -0.39 is 11.1 Å². The Morgan fingerprint density at radius 1 is 1.32 bits per heavy atom. The van der Waals surface area contributed by atoms with E-state index in [1.54, 1.807) is 25.3 Å². The van der Waals surface area contributed by atoms with Crippen molar-refractivity contribution in [3.05, 3.63) is 54.2 Å². The summed E-state index contributed by atoms with van der Waals surface area (Å²) in [6.45, 7) is 2.24.